The fourth-order valence-electron chi connectivity index (χ4n) is 1.46. The maximum absolute atomic E-state index is 8.81. The summed E-state index contributed by atoms with van der Waals surface area (Å²) in [7, 11) is 0. The molecule has 0 saturated heterocycles. The van der Waals surface area contributed by atoms with Gasteiger partial charge in [0.25, 0.3) is 0 Å². The number of hydrogen-bond donors (Lipinski definition) is 1. The van der Waals surface area contributed by atoms with Crippen LogP contribution in [0.2, 0.25) is 0 Å². The second-order valence-electron chi connectivity index (χ2n) is 3.02. The lowest BCUT2D eigenvalue weighted by atomic mass is 10.2. The standard InChI is InChI=1S/C9H9N5O/c10-13-12-8-1-2-9-7(5-8)6-11-14(9)3-4-15/h1-2,5-6,15H,3-4H2. The third-order valence-corrected chi connectivity index (χ3v) is 2.10. The van der Waals surface area contributed by atoms with Crippen molar-refractivity contribution in [2.45, 2.75) is 6.54 Å². The monoisotopic (exact) mass is 203 g/mol. The second kappa shape index (κ2) is 4.00. The van der Waals surface area contributed by atoms with Crippen LogP contribution < -0.4 is 0 Å². The molecule has 0 aliphatic carbocycles. The lowest BCUT2D eigenvalue weighted by molar-refractivity contribution is 0.271. The van der Waals surface area contributed by atoms with E-state index in [1.54, 1.807) is 23.0 Å². The number of azide groups is 1. The molecule has 0 fully saturated rings. The number of benzene rings is 1. The molecule has 0 aliphatic rings. The van der Waals surface area contributed by atoms with Crippen LogP contribution in [0.1, 0.15) is 0 Å². The summed E-state index contributed by atoms with van der Waals surface area (Å²) in [6, 6.07) is 5.30. The minimum absolute atomic E-state index is 0.0505. The summed E-state index contributed by atoms with van der Waals surface area (Å²) in [6.07, 6.45) is 1.68. The van der Waals surface area contributed by atoms with Gasteiger partial charge in [-0.3, -0.25) is 4.68 Å². The van der Waals surface area contributed by atoms with E-state index >= 15 is 0 Å². The number of aliphatic hydroxyl groups is 1. The van der Waals surface area contributed by atoms with E-state index in [-0.39, 0.29) is 6.61 Å². The molecule has 0 aliphatic heterocycles. The van der Waals surface area contributed by atoms with Crippen LogP contribution in [-0.4, -0.2) is 21.5 Å². The molecular formula is C9H9N5O. The molecule has 1 N–H and O–H groups in total. The van der Waals surface area contributed by atoms with Gasteiger partial charge in [-0.25, -0.2) is 0 Å². The van der Waals surface area contributed by atoms with E-state index in [1.165, 1.54) is 0 Å². The fraction of sp³-hybridized carbons (Fsp3) is 0.222. The highest BCUT2D eigenvalue weighted by atomic mass is 16.3. The molecular weight excluding hydrogens is 194 g/mol. The zero-order chi connectivity index (χ0) is 10.7. The van der Waals surface area contributed by atoms with Crippen molar-refractivity contribution in [2.24, 2.45) is 5.11 Å². The van der Waals surface area contributed by atoms with E-state index < -0.39 is 0 Å². The summed E-state index contributed by atoms with van der Waals surface area (Å²) in [5.41, 5.74) is 9.77. The van der Waals surface area contributed by atoms with Gasteiger partial charge >= 0.3 is 0 Å². The van der Waals surface area contributed by atoms with Crippen LogP contribution in [0.3, 0.4) is 0 Å². The Morgan fingerprint density at radius 2 is 2.40 bits per heavy atom. The first-order valence-corrected chi connectivity index (χ1v) is 4.46. The fourth-order valence-corrected chi connectivity index (χ4v) is 1.46. The van der Waals surface area contributed by atoms with E-state index in [9.17, 15) is 0 Å². The minimum Gasteiger partial charge on any atom is -0.394 e. The number of nitrogens with zero attached hydrogens (tertiary/aromatic N) is 5. The molecule has 2 aromatic rings. The van der Waals surface area contributed by atoms with Crippen molar-refractivity contribution in [1.82, 2.24) is 9.78 Å². The van der Waals surface area contributed by atoms with Gasteiger partial charge in [-0.2, -0.15) is 5.10 Å². The molecule has 0 amide bonds. The lowest BCUT2D eigenvalue weighted by Gasteiger charge is -1.99. The first-order chi connectivity index (χ1) is 7.35. The molecule has 0 bridgehead atoms. The zero-order valence-corrected chi connectivity index (χ0v) is 7.91. The number of hydrogen-bond acceptors (Lipinski definition) is 3. The largest absolute Gasteiger partial charge is 0.394 e. The lowest BCUT2D eigenvalue weighted by Crippen LogP contribution is -2.02. The van der Waals surface area contributed by atoms with Crippen LogP contribution in [0.15, 0.2) is 29.5 Å². The molecule has 76 valence electrons. The van der Waals surface area contributed by atoms with Gasteiger partial charge in [0.15, 0.2) is 0 Å². The molecule has 6 heteroatoms. The predicted molar refractivity (Wildman–Crippen MR) is 55.6 cm³/mol. The van der Waals surface area contributed by atoms with Crippen molar-refractivity contribution in [2.75, 3.05) is 6.61 Å². The number of rotatable bonds is 3. The van der Waals surface area contributed by atoms with E-state index in [0.717, 1.165) is 10.9 Å². The first kappa shape index (κ1) is 9.51. The van der Waals surface area contributed by atoms with Crippen molar-refractivity contribution in [3.05, 3.63) is 34.8 Å². The Morgan fingerprint density at radius 3 is 3.13 bits per heavy atom. The SMILES string of the molecule is [N-]=[N+]=Nc1ccc2c(cnn2CCO)c1. The first-order valence-electron chi connectivity index (χ1n) is 4.46. The minimum atomic E-state index is 0.0505. The Morgan fingerprint density at radius 1 is 1.53 bits per heavy atom. The zero-order valence-electron chi connectivity index (χ0n) is 7.91. The maximum atomic E-state index is 8.81. The number of aliphatic hydroxyl groups excluding tert-OH is 1. The quantitative estimate of drug-likeness (QED) is 0.469. The van der Waals surface area contributed by atoms with E-state index in [4.69, 9.17) is 10.6 Å². The van der Waals surface area contributed by atoms with Crippen LogP contribution in [0, 0.1) is 0 Å². The van der Waals surface area contributed by atoms with Gasteiger partial charge in [-0.1, -0.05) is 11.2 Å². The van der Waals surface area contributed by atoms with E-state index in [0.29, 0.717) is 12.2 Å². The van der Waals surface area contributed by atoms with Crippen LogP contribution in [0.5, 0.6) is 0 Å². The highest BCUT2D eigenvalue weighted by molar-refractivity contribution is 5.81. The molecule has 1 aromatic heterocycles. The van der Waals surface area contributed by atoms with Gasteiger partial charge in [0, 0.05) is 16.0 Å². The summed E-state index contributed by atoms with van der Waals surface area (Å²) in [4.78, 5) is 2.71. The second-order valence-corrected chi connectivity index (χ2v) is 3.02. The van der Waals surface area contributed by atoms with Crippen LogP contribution in [-0.2, 0) is 6.54 Å². The molecule has 0 unspecified atom stereocenters. The Labute approximate surface area is 85.4 Å². The smallest absolute Gasteiger partial charge is 0.0683 e. The Balaban J connectivity index is 2.51. The Kier molecular flexibility index (Phi) is 2.53. The Hall–Kier alpha value is -2.04. The molecule has 0 spiro atoms. The normalized spacial score (nSPS) is 10.2. The van der Waals surface area contributed by atoms with Crippen LogP contribution in [0.25, 0.3) is 21.3 Å². The van der Waals surface area contributed by atoms with Crippen molar-refractivity contribution in [3.8, 4) is 0 Å². The van der Waals surface area contributed by atoms with E-state index in [2.05, 4.69) is 15.1 Å². The molecule has 0 saturated carbocycles. The molecule has 2 rings (SSSR count). The summed E-state index contributed by atoms with van der Waals surface area (Å²) in [5, 5.41) is 17.3. The van der Waals surface area contributed by atoms with Crippen molar-refractivity contribution >= 4 is 16.6 Å². The Bertz CT molecular complexity index is 526. The summed E-state index contributed by atoms with van der Waals surface area (Å²) in [6.45, 7) is 0.513. The third-order valence-electron chi connectivity index (χ3n) is 2.10. The molecule has 1 heterocycles. The third kappa shape index (κ3) is 1.76. The van der Waals surface area contributed by atoms with Crippen molar-refractivity contribution in [3.63, 3.8) is 0 Å². The highest BCUT2D eigenvalue weighted by Gasteiger charge is 2.01. The predicted octanol–water partition coefficient (Wildman–Crippen LogP) is 1.97. The summed E-state index contributed by atoms with van der Waals surface area (Å²) < 4.78 is 1.70. The van der Waals surface area contributed by atoms with Gasteiger partial charge in [-0.15, -0.1) is 0 Å². The molecule has 1 aromatic carbocycles. The van der Waals surface area contributed by atoms with Gasteiger partial charge < -0.3 is 5.11 Å². The topological polar surface area (TPSA) is 86.8 Å². The highest BCUT2D eigenvalue weighted by Crippen LogP contribution is 2.20. The van der Waals surface area contributed by atoms with Gasteiger partial charge in [0.1, 0.15) is 0 Å². The molecule has 15 heavy (non-hydrogen) atoms. The van der Waals surface area contributed by atoms with Gasteiger partial charge in [0.2, 0.25) is 0 Å². The van der Waals surface area contributed by atoms with Gasteiger partial charge in [0.05, 0.1) is 24.9 Å². The van der Waals surface area contributed by atoms with Crippen LogP contribution >= 0.6 is 0 Å². The molecule has 0 radical (unpaired) electrons. The molecule has 0 atom stereocenters. The van der Waals surface area contributed by atoms with Crippen molar-refractivity contribution in [1.29, 1.82) is 0 Å². The average Bonchev–Trinajstić information content (AvgIpc) is 2.62. The van der Waals surface area contributed by atoms with Crippen molar-refractivity contribution < 1.29 is 5.11 Å². The average molecular weight is 203 g/mol. The summed E-state index contributed by atoms with van der Waals surface area (Å²) in [5.74, 6) is 0. The maximum Gasteiger partial charge on any atom is 0.0683 e. The number of aromatic nitrogens is 2. The van der Waals surface area contributed by atoms with Gasteiger partial charge in [-0.05, 0) is 17.7 Å². The number of fused-ring (bicyclic) bond motifs is 1. The summed E-state index contributed by atoms with van der Waals surface area (Å²) >= 11 is 0. The van der Waals surface area contributed by atoms with E-state index in [1.807, 2.05) is 6.07 Å². The van der Waals surface area contributed by atoms with Crippen LogP contribution in [0.4, 0.5) is 5.69 Å². The molecule has 6 nitrogen and oxygen atoms in total.